The van der Waals surface area contributed by atoms with E-state index in [0.717, 1.165) is 49.8 Å². The van der Waals surface area contributed by atoms with E-state index in [1.807, 2.05) is 30.3 Å². The van der Waals surface area contributed by atoms with E-state index in [0.29, 0.717) is 21.0 Å². The molecule has 1 atom stereocenters. The zero-order chi connectivity index (χ0) is 35.9. The Kier molecular flexibility index (Phi) is 12.1. The fourth-order valence-corrected chi connectivity index (χ4v) is 7.93. The van der Waals surface area contributed by atoms with Gasteiger partial charge in [0.25, 0.3) is 10.0 Å². The summed E-state index contributed by atoms with van der Waals surface area (Å²) in [7, 11) is -4.61. The lowest BCUT2D eigenvalue weighted by molar-refractivity contribution is -0.140. The van der Waals surface area contributed by atoms with Crippen molar-refractivity contribution in [2.75, 3.05) is 10.8 Å². The van der Waals surface area contributed by atoms with Gasteiger partial charge in [-0.25, -0.2) is 8.42 Å². The van der Waals surface area contributed by atoms with Gasteiger partial charge >= 0.3 is 6.18 Å². The molecule has 4 aromatic carbocycles. The molecule has 0 bridgehead atoms. The van der Waals surface area contributed by atoms with Crippen LogP contribution in [0.1, 0.15) is 48.8 Å². The summed E-state index contributed by atoms with van der Waals surface area (Å²) >= 11 is 12.2. The van der Waals surface area contributed by atoms with Gasteiger partial charge in [0.15, 0.2) is 0 Å². The third kappa shape index (κ3) is 9.38. The first-order valence-electron chi connectivity index (χ1n) is 16.2. The Morgan fingerprint density at radius 1 is 0.820 bits per heavy atom. The van der Waals surface area contributed by atoms with Crippen LogP contribution in [-0.4, -0.2) is 43.8 Å². The molecule has 50 heavy (non-hydrogen) atoms. The Hall–Kier alpha value is -4.06. The SMILES string of the molecule is O=C(NC1CCCCC1)[C@H](Cc1ccccc1)N(Cc1cccc(Cl)c1)C(=O)CN(c1ccc(Cl)c(C(F)(F)F)c1)S(=O)(=O)c1ccccc1. The molecule has 1 fully saturated rings. The van der Waals surface area contributed by atoms with Crippen LogP contribution in [0.15, 0.2) is 108 Å². The average Bonchev–Trinajstić information content (AvgIpc) is 3.09. The fraction of sp³-hybridized carbons (Fsp3) is 0.297. The molecule has 1 aliphatic carbocycles. The number of carbonyl (C=O) groups excluding carboxylic acids is 2. The van der Waals surface area contributed by atoms with Gasteiger partial charge < -0.3 is 10.2 Å². The van der Waals surface area contributed by atoms with Crippen molar-refractivity contribution in [3.63, 3.8) is 0 Å². The first-order chi connectivity index (χ1) is 23.8. The zero-order valence-corrected chi connectivity index (χ0v) is 29.3. The molecule has 0 unspecified atom stereocenters. The molecule has 7 nitrogen and oxygen atoms in total. The lowest BCUT2D eigenvalue weighted by Gasteiger charge is -2.35. The van der Waals surface area contributed by atoms with E-state index < -0.39 is 56.9 Å². The number of amides is 2. The highest BCUT2D eigenvalue weighted by Crippen LogP contribution is 2.38. The maximum Gasteiger partial charge on any atom is 0.417 e. The molecule has 1 aliphatic rings. The maximum absolute atomic E-state index is 14.6. The topological polar surface area (TPSA) is 86.8 Å². The Balaban J connectivity index is 1.60. The number of hydrogen-bond donors (Lipinski definition) is 1. The lowest BCUT2D eigenvalue weighted by Crippen LogP contribution is -2.55. The third-order valence-electron chi connectivity index (χ3n) is 8.62. The smallest absolute Gasteiger partial charge is 0.352 e. The van der Waals surface area contributed by atoms with E-state index in [4.69, 9.17) is 23.2 Å². The molecule has 1 N–H and O–H groups in total. The predicted molar refractivity (Wildman–Crippen MR) is 188 cm³/mol. The van der Waals surface area contributed by atoms with E-state index in [1.54, 1.807) is 30.3 Å². The molecule has 264 valence electrons. The van der Waals surface area contributed by atoms with Gasteiger partial charge in [-0.15, -0.1) is 0 Å². The van der Waals surface area contributed by atoms with E-state index in [-0.39, 0.29) is 23.9 Å². The van der Waals surface area contributed by atoms with Crippen molar-refractivity contribution in [3.8, 4) is 0 Å². The van der Waals surface area contributed by atoms with Crippen LogP contribution < -0.4 is 9.62 Å². The maximum atomic E-state index is 14.6. The summed E-state index contributed by atoms with van der Waals surface area (Å²) in [5.74, 6) is -1.23. The number of halogens is 5. The number of nitrogens with one attached hydrogen (secondary N) is 1. The summed E-state index contributed by atoms with van der Waals surface area (Å²) < 4.78 is 70.9. The van der Waals surface area contributed by atoms with Crippen molar-refractivity contribution in [2.24, 2.45) is 0 Å². The van der Waals surface area contributed by atoms with Crippen molar-refractivity contribution in [2.45, 2.75) is 68.2 Å². The molecule has 0 aromatic heterocycles. The van der Waals surface area contributed by atoms with Crippen LogP contribution in [0.3, 0.4) is 0 Å². The van der Waals surface area contributed by atoms with Gasteiger partial charge in [-0.05, 0) is 66.4 Å². The van der Waals surface area contributed by atoms with Crippen LogP contribution >= 0.6 is 23.2 Å². The van der Waals surface area contributed by atoms with Crippen LogP contribution in [0.4, 0.5) is 18.9 Å². The van der Waals surface area contributed by atoms with Gasteiger partial charge in [-0.1, -0.05) is 103 Å². The highest BCUT2D eigenvalue weighted by Gasteiger charge is 2.38. The summed E-state index contributed by atoms with van der Waals surface area (Å²) in [6.07, 6.45) is -0.280. The Morgan fingerprint density at radius 2 is 1.46 bits per heavy atom. The second kappa shape index (κ2) is 16.3. The molecular formula is C37H36Cl2F3N3O4S. The van der Waals surface area contributed by atoms with Crippen LogP contribution in [-0.2, 0) is 38.8 Å². The Labute approximate surface area is 300 Å². The zero-order valence-electron chi connectivity index (χ0n) is 27.0. The summed E-state index contributed by atoms with van der Waals surface area (Å²) in [5.41, 5.74) is -0.367. The number of nitrogens with zero attached hydrogens (tertiary/aromatic N) is 2. The number of alkyl halides is 3. The van der Waals surface area contributed by atoms with Gasteiger partial charge in [0.05, 0.1) is 21.2 Å². The molecule has 1 saturated carbocycles. The average molecular weight is 747 g/mol. The van der Waals surface area contributed by atoms with Gasteiger partial charge in [0.1, 0.15) is 12.6 Å². The van der Waals surface area contributed by atoms with Crippen LogP contribution in [0.5, 0.6) is 0 Å². The molecule has 2 amide bonds. The molecular weight excluding hydrogens is 710 g/mol. The van der Waals surface area contributed by atoms with Crippen molar-refractivity contribution < 1.29 is 31.2 Å². The Morgan fingerprint density at radius 3 is 2.10 bits per heavy atom. The number of sulfonamides is 1. The number of benzene rings is 4. The summed E-state index contributed by atoms with van der Waals surface area (Å²) in [6.45, 7) is -1.05. The predicted octanol–water partition coefficient (Wildman–Crippen LogP) is 8.30. The lowest BCUT2D eigenvalue weighted by atomic mass is 9.94. The molecule has 4 aromatic rings. The van der Waals surface area contributed by atoms with E-state index in [2.05, 4.69) is 5.32 Å². The monoisotopic (exact) mass is 745 g/mol. The number of rotatable bonds is 12. The van der Waals surface area contributed by atoms with Crippen LogP contribution in [0.2, 0.25) is 10.0 Å². The minimum atomic E-state index is -4.91. The highest BCUT2D eigenvalue weighted by atomic mass is 35.5. The van der Waals surface area contributed by atoms with E-state index >= 15 is 0 Å². The minimum absolute atomic E-state index is 0.0936. The standard InChI is InChI=1S/C37H36Cl2F3N3O4S/c38-28-14-10-13-27(21-28)24-44(34(22-26-11-4-1-5-12-26)36(47)43-29-15-6-2-7-16-29)35(46)25-45(50(48,49)31-17-8-3-9-18-31)30-19-20-33(39)32(23-30)37(40,41)42/h1,3-5,8-14,17-21,23,29,34H,2,6-7,15-16,22,24-25H2,(H,43,47)/t34-/m0/s1. The van der Waals surface area contributed by atoms with Gasteiger partial charge in [-0.3, -0.25) is 13.9 Å². The van der Waals surface area contributed by atoms with Gasteiger partial charge in [0.2, 0.25) is 11.8 Å². The van der Waals surface area contributed by atoms with Gasteiger partial charge in [0, 0.05) is 24.0 Å². The first-order valence-corrected chi connectivity index (χ1v) is 18.4. The highest BCUT2D eigenvalue weighted by molar-refractivity contribution is 7.92. The molecule has 0 aliphatic heterocycles. The second-order valence-electron chi connectivity index (χ2n) is 12.2. The van der Waals surface area contributed by atoms with Crippen LogP contribution in [0, 0.1) is 0 Å². The van der Waals surface area contributed by atoms with Crippen molar-refractivity contribution in [3.05, 3.63) is 130 Å². The summed E-state index contributed by atoms with van der Waals surface area (Å²) in [4.78, 5) is 29.9. The fourth-order valence-electron chi connectivity index (χ4n) is 6.06. The number of carbonyl (C=O) groups is 2. The van der Waals surface area contributed by atoms with E-state index in [1.165, 1.54) is 29.2 Å². The third-order valence-corrected chi connectivity index (χ3v) is 11.0. The normalized spacial score (nSPS) is 14.5. The molecule has 13 heteroatoms. The molecule has 5 rings (SSSR count). The van der Waals surface area contributed by atoms with Crippen molar-refractivity contribution in [1.29, 1.82) is 0 Å². The van der Waals surface area contributed by atoms with Crippen molar-refractivity contribution >= 4 is 50.7 Å². The largest absolute Gasteiger partial charge is 0.417 e. The summed E-state index contributed by atoms with van der Waals surface area (Å²) in [6, 6.07) is 24.3. The van der Waals surface area contributed by atoms with Crippen LogP contribution in [0.25, 0.3) is 0 Å². The molecule has 0 radical (unpaired) electrons. The first kappa shape index (κ1) is 37.2. The van der Waals surface area contributed by atoms with Gasteiger partial charge in [-0.2, -0.15) is 13.2 Å². The number of hydrogen-bond acceptors (Lipinski definition) is 4. The molecule has 0 spiro atoms. The summed E-state index contributed by atoms with van der Waals surface area (Å²) in [5, 5.41) is 2.87. The molecule has 0 saturated heterocycles. The second-order valence-corrected chi connectivity index (χ2v) is 14.9. The Bertz CT molecular complexity index is 1890. The quantitative estimate of drug-likeness (QED) is 0.158. The van der Waals surface area contributed by atoms with E-state index in [9.17, 15) is 31.2 Å². The minimum Gasteiger partial charge on any atom is -0.352 e. The van der Waals surface area contributed by atoms with Crippen molar-refractivity contribution in [1.82, 2.24) is 10.2 Å². The number of anilines is 1. The molecule has 0 heterocycles.